The van der Waals surface area contributed by atoms with E-state index in [1.165, 1.54) is 12.2 Å². The lowest BCUT2D eigenvalue weighted by Crippen LogP contribution is -2.30. The molecule has 0 unspecified atom stereocenters. The summed E-state index contributed by atoms with van der Waals surface area (Å²) in [7, 11) is -3.27. The fraction of sp³-hybridized carbons (Fsp3) is 0.667. The normalized spacial score (nSPS) is 11.9. The number of aromatic nitrogens is 2. The third kappa shape index (κ3) is 5.05. The van der Waals surface area contributed by atoms with Crippen molar-refractivity contribution in [2.45, 2.75) is 32.3 Å². The summed E-state index contributed by atoms with van der Waals surface area (Å²) in [6, 6.07) is 0. The van der Waals surface area contributed by atoms with Crippen LogP contribution >= 0.6 is 0 Å². The van der Waals surface area contributed by atoms with Crippen LogP contribution in [-0.4, -0.2) is 18.5 Å². The number of hydrogen-bond donors (Lipinski definition) is 1. The number of nitrogens with two attached hydrogens (primary N) is 1. The second-order valence-electron chi connectivity index (χ2n) is 3.64. The molecule has 9 heteroatoms. The Morgan fingerprint density at radius 3 is 2.11 bits per heavy atom. The summed E-state index contributed by atoms with van der Waals surface area (Å²) in [4.78, 5) is 0. The highest BCUT2D eigenvalue weighted by Gasteiger charge is 2.42. The van der Waals surface area contributed by atoms with Crippen LogP contribution < -0.4 is 9.71 Å². The average Bonchev–Trinajstić information content (AvgIpc) is 2.48. The Bertz CT molecular complexity index is 480. The molecule has 106 valence electrons. The molecule has 5 nitrogen and oxygen atoms in total. The van der Waals surface area contributed by atoms with Gasteiger partial charge in [-0.2, -0.15) is 13.2 Å². The molecule has 0 amide bonds. The van der Waals surface area contributed by atoms with E-state index in [9.17, 15) is 21.6 Å². The predicted octanol–water partition coefficient (Wildman–Crippen LogP) is 0.826. The Morgan fingerprint density at radius 2 is 1.89 bits per heavy atom. The Balaban J connectivity index is 0.000000331. The van der Waals surface area contributed by atoms with Gasteiger partial charge in [-0.05, 0) is 6.42 Å². The van der Waals surface area contributed by atoms with Gasteiger partial charge in [-0.1, -0.05) is 6.92 Å². The summed E-state index contributed by atoms with van der Waals surface area (Å²) in [6.07, 6.45) is 5.42. The van der Waals surface area contributed by atoms with Crippen LogP contribution in [0.5, 0.6) is 0 Å². The molecule has 0 spiro atoms. The fourth-order valence-corrected chi connectivity index (χ4v) is 1.08. The van der Waals surface area contributed by atoms with Crippen molar-refractivity contribution in [1.29, 1.82) is 0 Å². The van der Waals surface area contributed by atoms with Crippen molar-refractivity contribution >= 4 is 10.0 Å². The number of alkyl halides is 3. The van der Waals surface area contributed by atoms with Crippen molar-refractivity contribution in [3.05, 3.63) is 18.2 Å². The van der Waals surface area contributed by atoms with Crippen molar-refractivity contribution in [1.82, 2.24) is 4.57 Å². The lowest BCUT2D eigenvalue weighted by atomic mass is 10.5. The smallest absolute Gasteiger partial charge is 0.237 e. The molecule has 0 radical (unpaired) electrons. The van der Waals surface area contributed by atoms with Crippen molar-refractivity contribution in [3.63, 3.8) is 0 Å². The van der Waals surface area contributed by atoms with Crippen LogP contribution in [0.3, 0.4) is 0 Å². The number of sulfonamides is 1. The molecular formula is C9H17F3N3O2S+. The van der Waals surface area contributed by atoms with E-state index in [1.807, 2.05) is 0 Å². The first kappa shape index (κ1) is 16.9. The van der Waals surface area contributed by atoms with E-state index >= 15 is 0 Å². The number of primary sulfonamides is 1. The molecule has 0 aliphatic heterocycles. The van der Waals surface area contributed by atoms with E-state index in [0.29, 0.717) is 0 Å². The molecule has 1 aromatic rings. The molecule has 18 heavy (non-hydrogen) atoms. The molecule has 1 rings (SSSR count). The van der Waals surface area contributed by atoms with Crippen LogP contribution in [-0.2, 0) is 23.6 Å². The van der Waals surface area contributed by atoms with Gasteiger partial charge in [-0.25, -0.2) is 22.7 Å². The summed E-state index contributed by atoms with van der Waals surface area (Å²) in [6.45, 7) is 5.46. The van der Waals surface area contributed by atoms with Gasteiger partial charge in [0.1, 0.15) is 12.4 Å². The highest BCUT2D eigenvalue weighted by Crippen LogP contribution is 2.18. The third-order valence-corrected chi connectivity index (χ3v) is 2.83. The largest absolute Gasteiger partial charge is 0.511 e. The van der Waals surface area contributed by atoms with Crippen LogP contribution in [0.15, 0.2) is 12.4 Å². The lowest BCUT2D eigenvalue weighted by molar-refractivity contribution is -0.677. The molecule has 0 bridgehead atoms. The first-order valence-electron chi connectivity index (χ1n) is 5.11. The maximum absolute atomic E-state index is 10.8. The number of halogens is 3. The Kier molecular flexibility index (Phi) is 5.81. The van der Waals surface area contributed by atoms with Gasteiger partial charge in [0, 0.05) is 6.92 Å². The van der Waals surface area contributed by atoms with Crippen LogP contribution in [0.2, 0.25) is 0 Å². The second kappa shape index (κ2) is 6.19. The van der Waals surface area contributed by atoms with E-state index in [2.05, 4.69) is 47.6 Å². The number of hydrogen-bond acceptors (Lipinski definition) is 2. The average molecular weight is 288 g/mol. The van der Waals surface area contributed by atoms with Crippen LogP contribution in [0.25, 0.3) is 0 Å². The summed E-state index contributed by atoms with van der Waals surface area (Å²) in [5.74, 6) is 1.32. The van der Waals surface area contributed by atoms with E-state index in [4.69, 9.17) is 0 Å². The minimum atomic E-state index is -5.34. The van der Waals surface area contributed by atoms with Gasteiger partial charge in [-0.3, -0.25) is 0 Å². The maximum atomic E-state index is 10.8. The van der Waals surface area contributed by atoms with Gasteiger partial charge in [0.15, 0.2) is 0 Å². The molecule has 0 saturated carbocycles. The summed E-state index contributed by atoms with van der Waals surface area (Å²) in [5.41, 5.74) is -5.31. The first-order valence-corrected chi connectivity index (χ1v) is 6.65. The number of aryl methyl sites for hydroxylation is 2. The van der Waals surface area contributed by atoms with Crippen LogP contribution in [0, 0.1) is 6.92 Å². The van der Waals surface area contributed by atoms with Gasteiger partial charge in [-0.15, -0.1) is 0 Å². The zero-order valence-electron chi connectivity index (χ0n) is 10.4. The Morgan fingerprint density at radius 1 is 1.44 bits per heavy atom. The minimum absolute atomic E-state index is 1.13. The topological polar surface area (TPSA) is 69.0 Å². The summed E-state index contributed by atoms with van der Waals surface area (Å²) in [5, 5.41) is 3.66. The molecule has 0 atom stereocenters. The van der Waals surface area contributed by atoms with Gasteiger partial charge in [0.2, 0.25) is 0 Å². The SMILES string of the molecule is CCCn1cc[n+](C)c1C.NS(=O)(=O)C(F)(F)F. The zero-order valence-corrected chi connectivity index (χ0v) is 11.2. The van der Waals surface area contributed by atoms with E-state index in [0.717, 1.165) is 6.54 Å². The molecule has 2 N–H and O–H groups in total. The molecule has 1 heterocycles. The third-order valence-electron chi connectivity index (χ3n) is 2.18. The highest BCUT2D eigenvalue weighted by atomic mass is 32.2. The number of rotatable bonds is 2. The predicted molar refractivity (Wildman–Crippen MR) is 59.8 cm³/mol. The van der Waals surface area contributed by atoms with Gasteiger partial charge < -0.3 is 0 Å². The summed E-state index contributed by atoms with van der Waals surface area (Å²) >= 11 is 0. The van der Waals surface area contributed by atoms with E-state index in [-0.39, 0.29) is 0 Å². The minimum Gasteiger partial charge on any atom is -0.237 e. The van der Waals surface area contributed by atoms with Gasteiger partial charge >= 0.3 is 15.5 Å². The maximum Gasteiger partial charge on any atom is 0.511 e. The van der Waals surface area contributed by atoms with E-state index < -0.39 is 15.5 Å². The molecule has 0 saturated heterocycles. The van der Waals surface area contributed by atoms with Crippen molar-refractivity contribution in [2.75, 3.05) is 0 Å². The Hall–Kier alpha value is -1.09. The Labute approximate surface area is 104 Å². The first-order chi connectivity index (χ1) is 8.00. The standard InChI is InChI=1S/C8H15N2.CH2F3NO2S/c1-4-5-10-7-6-9(3)8(10)2;2-1(3,4)8(5,6)7/h6-7H,4-5H2,1-3H3;(H2,5,6,7)/q+1;. The molecule has 0 aromatic carbocycles. The van der Waals surface area contributed by atoms with Gasteiger partial charge in [0.25, 0.3) is 5.82 Å². The van der Waals surface area contributed by atoms with Crippen LogP contribution in [0.1, 0.15) is 19.2 Å². The molecule has 0 fully saturated rings. The van der Waals surface area contributed by atoms with Crippen molar-refractivity contribution < 1.29 is 26.2 Å². The van der Waals surface area contributed by atoms with E-state index in [1.54, 1.807) is 0 Å². The lowest BCUT2D eigenvalue weighted by Gasteiger charge is -1.98. The highest BCUT2D eigenvalue weighted by molar-refractivity contribution is 7.90. The number of nitrogens with zero attached hydrogens (tertiary/aromatic N) is 2. The molecular weight excluding hydrogens is 271 g/mol. The van der Waals surface area contributed by atoms with Crippen molar-refractivity contribution in [3.8, 4) is 0 Å². The fourth-order valence-electron chi connectivity index (χ4n) is 1.08. The monoisotopic (exact) mass is 288 g/mol. The summed E-state index contributed by atoms with van der Waals surface area (Å²) < 4.78 is 55.6. The number of imidazole rings is 1. The quantitative estimate of drug-likeness (QED) is 0.819. The van der Waals surface area contributed by atoms with Crippen molar-refractivity contribution in [2.24, 2.45) is 12.2 Å². The zero-order chi connectivity index (χ0) is 14.6. The van der Waals surface area contributed by atoms with Crippen LogP contribution in [0.4, 0.5) is 13.2 Å². The second-order valence-corrected chi connectivity index (χ2v) is 5.19. The molecule has 0 aliphatic rings. The van der Waals surface area contributed by atoms with Gasteiger partial charge in [0.05, 0.1) is 13.6 Å². The molecule has 1 aromatic heterocycles. The molecule has 0 aliphatic carbocycles.